The van der Waals surface area contributed by atoms with Gasteiger partial charge in [0.2, 0.25) is 0 Å². The predicted molar refractivity (Wildman–Crippen MR) is 70.3 cm³/mol. The van der Waals surface area contributed by atoms with Crippen molar-refractivity contribution in [3.8, 4) is 6.01 Å². The molecule has 1 aliphatic carbocycles. The molecule has 104 valence electrons. The molecule has 2 atom stereocenters. The topological polar surface area (TPSA) is 72.3 Å². The molecular weight excluding hydrogens is 244 g/mol. The minimum atomic E-state index is -1.05. The van der Waals surface area contributed by atoms with Crippen LogP contribution < -0.4 is 4.74 Å². The zero-order chi connectivity index (χ0) is 13.8. The third-order valence-electron chi connectivity index (χ3n) is 3.55. The van der Waals surface area contributed by atoms with Gasteiger partial charge in [0.15, 0.2) is 5.69 Å². The number of aromatic carboxylic acids is 1. The molecule has 1 aromatic rings. The van der Waals surface area contributed by atoms with E-state index in [-0.39, 0.29) is 11.7 Å². The van der Waals surface area contributed by atoms with Gasteiger partial charge in [0.25, 0.3) is 0 Å². The van der Waals surface area contributed by atoms with Crippen LogP contribution in [-0.4, -0.2) is 27.7 Å². The molecule has 0 saturated heterocycles. The van der Waals surface area contributed by atoms with Gasteiger partial charge in [0.05, 0.1) is 6.61 Å². The predicted octanol–water partition coefficient (Wildman–Crippen LogP) is 2.69. The molecule has 1 saturated carbocycles. The smallest absolute Gasteiger partial charge is 0.354 e. The van der Waals surface area contributed by atoms with Gasteiger partial charge in [-0.2, -0.15) is 4.98 Å². The molecule has 5 nitrogen and oxygen atoms in total. The number of nitrogens with zero attached hydrogens (tertiary/aromatic N) is 2. The molecule has 2 unspecified atom stereocenters. The number of hydrogen-bond acceptors (Lipinski definition) is 4. The first-order valence-electron chi connectivity index (χ1n) is 6.76. The largest absolute Gasteiger partial charge is 0.477 e. The number of aromatic nitrogens is 2. The number of aryl methyl sites for hydroxylation is 1. The van der Waals surface area contributed by atoms with Crippen molar-refractivity contribution in [3.05, 3.63) is 17.5 Å². The molecule has 2 rings (SSSR count). The van der Waals surface area contributed by atoms with Crippen LogP contribution in [0, 0.1) is 18.8 Å². The Hall–Kier alpha value is -1.65. The van der Waals surface area contributed by atoms with E-state index in [1.165, 1.54) is 25.3 Å². The number of ether oxygens (including phenoxy) is 1. The van der Waals surface area contributed by atoms with Crippen molar-refractivity contribution in [2.75, 3.05) is 6.61 Å². The molecule has 1 fully saturated rings. The third-order valence-corrected chi connectivity index (χ3v) is 3.55. The maximum Gasteiger partial charge on any atom is 0.354 e. The van der Waals surface area contributed by atoms with Crippen molar-refractivity contribution < 1.29 is 14.6 Å². The van der Waals surface area contributed by atoms with E-state index in [0.717, 1.165) is 12.3 Å². The molecule has 1 N–H and O–H groups in total. The van der Waals surface area contributed by atoms with Crippen LogP contribution in [0.15, 0.2) is 6.07 Å². The first-order chi connectivity index (χ1) is 9.04. The summed E-state index contributed by atoms with van der Waals surface area (Å²) >= 11 is 0. The molecule has 1 aliphatic rings. The Kier molecular flexibility index (Phi) is 4.35. The van der Waals surface area contributed by atoms with E-state index in [1.54, 1.807) is 6.92 Å². The van der Waals surface area contributed by atoms with Crippen molar-refractivity contribution in [2.45, 2.75) is 39.5 Å². The molecule has 1 aromatic heterocycles. The molecule has 0 aliphatic heterocycles. The van der Waals surface area contributed by atoms with Crippen molar-refractivity contribution in [2.24, 2.45) is 11.8 Å². The average molecular weight is 264 g/mol. The standard InChI is InChI=1S/C14H20N2O3/c1-9-4-3-5-11(6-9)8-19-14-15-10(2)7-12(16-14)13(17)18/h7,9,11H,3-6,8H2,1-2H3,(H,17,18). The number of carboxylic acids is 1. The van der Waals surface area contributed by atoms with Gasteiger partial charge in [-0.3, -0.25) is 0 Å². The first-order valence-corrected chi connectivity index (χ1v) is 6.76. The van der Waals surface area contributed by atoms with Crippen LogP contribution in [0.5, 0.6) is 6.01 Å². The Morgan fingerprint density at radius 3 is 2.95 bits per heavy atom. The molecular formula is C14H20N2O3. The highest BCUT2D eigenvalue weighted by Gasteiger charge is 2.20. The fraction of sp³-hybridized carbons (Fsp3) is 0.643. The summed E-state index contributed by atoms with van der Waals surface area (Å²) in [4.78, 5) is 18.9. The summed E-state index contributed by atoms with van der Waals surface area (Å²) in [6.45, 7) is 4.58. The second-order valence-electron chi connectivity index (χ2n) is 5.43. The summed E-state index contributed by atoms with van der Waals surface area (Å²) < 4.78 is 5.58. The number of rotatable bonds is 4. The van der Waals surface area contributed by atoms with E-state index in [0.29, 0.717) is 18.2 Å². The second-order valence-corrected chi connectivity index (χ2v) is 5.43. The van der Waals surface area contributed by atoms with Gasteiger partial charge < -0.3 is 9.84 Å². The normalized spacial score (nSPS) is 23.1. The van der Waals surface area contributed by atoms with Crippen LogP contribution in [0.2, 0.25) is 0 Å². The van der Waals surface area contributed by atoms with Crippen LogP contribution >= 0.6 is 0 Å². The van der Waals surface area contributed by atoms with Crippen LogP contribution in [0.3, 0.4) is 0 Å². The van der Waals surface area contributed by atoms with Crippen LogP contribution in [-0.2, 0) is 0 Å². The lowest BCUT2D eigenvalue weighted by atomic mass is 9.83. The molecule has 0 spiro atoms. The van der Waals surface area contributed by atoms with E-state index in [4.69, 9.17) is 9.84 Å². The first kappa shape index (κ1) is 13.8. The summed E-state index contributed by atoms with van der Waals surface area (Å²) in [6.07, 6.45) is 4.87. The fourth-order valence-corrected chi connectivity index (χ4v) is 2.62. The molecule has 0 amide bonds. The van der Waals surface area contributed by atoms with Gasteiger partial charge >= 0.3 is 12.0 Å². The molecule has 5 heteroatoms. The van der Waals surface area contributed by atoms with Gasteiger partial charge in [-0.15, -0.1) is 0 Å². The average Bonchev–Trinajstić information content (AvgIpc) is 2.36. The highest BCUT2D eigenvalue weighted by atomic mass is 16.5. The fourth-order valence-electron chi connectivity index (χ4n) is 2.62. The summed E-state index contributed by atoms with van der Waals surface area (Å²) in [5, 5.41) is 8.94. The molecule has 1 heterocycles. The molecule has 0 aromatic carbocycles. The van der Waals surface area contributed by atoms with Crippen LogP contribution in [0.1, 0.15) is 48.8 Å². The number of carbonyl (C=O) groups is 1. The lowest BCUT2D eigenvalue weighted by Gasteiger charge is -2.26. The van der Waals surface area contributed by atoms with Crippen molar-refractivity contribution in [1.82, 2.24) is 9.97 Å². The van der Waals surface area contributed by atoms with Gasteiger partial charge in [-0.1, -0.05) is 19.8 Å². The molecule has 0 bridgehead atoms. The quantitative estimate of drug-likeness (QED) is 0.905. The Balaban J connectivity index is 1.97. The van der Waals surface area contributed by atoms with Crippen LogP contribution in [0.4, 0.5) is 0 Å². The summed E-state index contributed by atoms with van der Waals surface area (Å²) in [6, 6.07) is 1.62. The highest BCUT2D eigenvalue weighted by Crippen LogP contribution is 2.28. The second kappa shape index (κ2) is 5.99. The monoisotopic (exact) mass is 264 g/mol. The van der Waals surface area contributed by atoms with Gasteiger partial charge in [0, 0.05) is 5.69 Å². The molecule has 19 heavy (non-hydrogen) atoms. The SMILES string of the molecule is Cc1cc(C(=O)O)nc(OCC2CCCC(C)C2)n1. The Labute approximate surface area is 113 Å². The zero-order valence-electron chi connectivity index (χ0n) is 11.4. The summed E-state index contributed by atoms with van der Waals surface area (Å²) in [5.41, 5.74) is 0.596. The number of carboxylic acid groups (broad SMARTS) is 1. The number of hydrogen-bond donors (Lipinski definition) is 1. The lowest BCUT2D eigenvalue weighted by molar-refractivity contribution is 0.0688. The van der Waals surface area contributed by atoms with E-state index in [2.05, 4.69) is 16.9 Å². The Bertz CT molecular complexity index is 462. The lowest BCUT2D eigenvalue weighted by Crippen LogP contribution is -2.20. The Morgan fingerprint density at radius 2 is 2.26 bits per heavy atom. The van der Waals surface area contributed by atoms with E-state index >= 15 is 0 Å². The van der Waals surface area contributed by atoms with Crippen molar-refractivity contribution in [3.63, 3.8) is 0 Å². The van der Waals surface area contributed by atoms with E-state index in [9.17, 15) is 4.79 Å². The zero-order valence-corrected chi connectivity index (χ0v) is 11.4. The maximum absolute atomic E-state index is 10.9. The van der Waals surface area contributed by atoms with Gasteiger partial charge in [-0.05, 0) is 37.7 Å². The molecule has 0 radical (unpaired) electrons. The van der Waals surface area contributed by atoms with Gasteiger partial charge in [-0.25, -0.2) is 9.78 Å². The minimum Gasteiger partial charge on any atom is -0.477 e. The van der Waals surface area contributed by atoms with Crippen LogP contribution in [0.25, 0.3) is 0 Å². The Morgan fingerprint density at radius 1 is 1.47 bits per heavy atom. The van der Waals surface area contributed by atoms with Crippen molar-refractivity contribution in [1.29, 1.82) is 0 Å². The highest BCUT2D eigenvalue weighted by molar-refractivity contribution is 5.85. The maximum atomic E-state index is 10.9. The van der Waals surface area contributed by atoms with Crippen molar-refractivity contribution >= 4 is 5.97 Å². The summed E-state index contributed by atoms with van der Waals surface area (Å²) in [7, 11) is 0. The third kappa shape index (κ3) is 3.91. The van der Waals surface area contributed by atoms with Gasteiger partial charge in [0.1, 0.15) is 0 Å². The van der Waals surface area contributed by atoms with E-state index in [1.807, 2.05) is 0 Å². The minimum absolute atomic E-state index is 0.0143. The summed E-state index contributed by atoms with van der Waals surface area (Å²) in [5.74, 6) is 0.220. The van der Waals surface area contributed by atoms with E-state index < -0.39 is 5.97 Å².